The van der Waals surface area contributed by atoms with Crippen LogP contribution in [0.2, 0.25) is 0 Å². The van der Waals surface area contributed by atoms with Gasteiger partial charge in [-0.3, -0.25) is 14.5 Å². The van der Waals surface area contributed by atoms with E-state index in [9.17, 15) is 19.5 Å². The minimum Gasteiger partial charge on any atom is -0.445 e. The molecule has 0 aliphatic carbocycles. The van der Waals surface area contributed by atoms with Gasteiger partial charge in [0, 0.05) is 22.1 Å². The van der Waals surface area contributed by atoms with Crippen molar-refractivity contribution in [2.45, 2.75) is 62.5 Å². The number of carbonyl (C=O) groups excluding carboxylic acids is 3. The van der Waals surface area contributed by atoms with E-state index >= 15 is 0 Å². The van der Waals surface area contributed by atoms with Gasteiger partial charge in [0.15, 0.2) is 6.29 Å². The van der Waals surface area contributed by atoms with Crippen molar-refractivity contribution in [3.63, 3.8) is 0 Å². The van der Waals surface area contributed by atoms with Crippen LogP contribution in [0, 0.1) is 5.92 Å². The number of alkyl carbamates (subject to hydrolysis) is 1. The third kappa shape index (κ3) is 8.91. The Morgan fingerprint density at radius 2 is 1.48 bits per heavy atom. The molecule has 54 heavy (non-hydrogen) atoms. The molecule has 2 fully saturated rings. The van der Waals surface area contributed by atoms with Crippen LogP contribution >= 0.6 is 11.8 Å². The number of likely N-dealkylation sites (tertiary alicyclic amines) is 1. The van der Waals surface area contributed by atoms with Crippen molar-refractivity contribution in [1.82, 2.24) is 10.2 Å². The van der Waals surface area contributed by atoms with Gasteiger partial charge < -0.3 is 24.6 Å². The molecule has 5 atom stereocenters. The fourth-order valence-corrected chi connectivity index (χ4v) is 7.83. The zero-order chi connectivity index (χ0) is 37.4. The fourth-order valence-electron chi connectivity index (χ4n) is 6.74. The molecule has 2 aliphatic rings. The van der Waals surface area contributed by atoms with Crippen LogP contribution in [0.4, 0.5) is 4.79 Å². The summed E-state index contributed by atoms with van der Waals surface area (Å²) in [6.45, 7) is 2.30. The van der Waals surface area contributed by atoms with Crippen LogP contribution in [0.15, 0.2) is 138 Å². The van der Waals surface area contributed by atoms with E-state index < -0.39 is 24.3 Å². The summed E-state index contributed by atoms with van der Waals surface area (Å²) >= 11 is 1.76. The molecule has 0 radical (unpaired) electrons. The third-order valence-corrected chi connectivity index (χ3v) is 10.9. The number of amides is 3. The lowest BCUT2D eigenvalue weighted by Gasteiger charge is -2.41. The Balaban J connectivity index is 1.01. The van der Waals surface area contributed by atoms with Crippen molar-refractivity contribution in [3.8, 4) is 11.1 Å². The highest BCUT2D eigenvalue weighted by Crippen LogP contribution is 2.43. The SMILES string of the molecule is C[C@@H]1[C@H](CSc2ccccc2)O[C@H](c2ccc(-c3cccc(CN4C(=O)CC(NC(=O)OCc5ccccc5)C4=O)c3)cc2)O[C@@H]1c1ccc(CO)cc1. The summed E-state index contributed by atoms with van der Waals surface area (Å²) in [7, 11) is 0. The Labute approximate surface area is 319 Å². The predicted molar refractivity (Wildman–Crippen MR) is 206 cm³/mol. The van der Waals surface area contributed by atoms with Crippen LogP contribution < -0.4 is 5.32 Å². The quantitative estimate of drug-likeness (QED) is 0.0978. The first-order valence-electron chi connectivity index (χ1n) is 18.0. The lowest BCUT2D eigenvalue weighted by Crippen LogP contribution is -2.41. The summed E-state index contributed by atoms with van der Waals surface area (Å²) in [6.07, 6.45) is -1.75. The zero-order valence-electron chi connectivity index (χ0n) is 29.9. The van der Waals surface area contributed by atoms with Gasteiger partial charge in [0.25, 0.3) is 5.91 Å². The van der Waals surface area contributed by atoms with Gasteiger partial charge in [0.2, 0.25) is 5.91 Å². The Morgan fingerprint density at radius 1 is 0.796 bits per heavy atom. The average molecular weight is 743 g/mol. The molecule has 276 valence electrons. The van der Waals surface area contributed by atoms with E-state index in [1.54, 1.807) is 11.8 Å². The Morgan fingerprint density at radius 3 is 2.20 bits per heavy atom. The van der Waals surface area contributed by atoms with Crippen LogP contribution in [0.5, 0.6) is 0 Å². The number of aliphatic hydroxyl groups excluding tert-OH is 1. The Hall–Kier alpha value is -5.26. The number of ether oxygens (including phenoxy) is 3. The number of rotatable bonds is 12. The minimum atomic E-state index is -0.972. The molecule has 0 saturated carbocycles. The normalized spacial score (nSPS) is 21.2. The lowest BCUT2D eigenvalue weighted by atomic mass is 9.91. The van der Waals surface area contributed by atoms with Gasteiger partial charge in [-0.05, 0) is 51.6 Å². The molecule has 7 rings (SSSR count). The molecular weight excluding hydrogens is 701 g/mol. The van der Waals surface area contributed by atoms with E-state index in [1.807, 2.05) is 121 Å². The fraction of sp³-hybridized carbons (Fsp3) is 0.250. The summed E-state index contributed by atoms with van der Waals surface area (Å²) in [5.41, 5.74) is 6.27. The molecule has 9 nitrogen and oxygen atoms in total. The summed E-state index contributed by atoms with van der Waals surface area (Å²) in [4.78, 5) is 40.8. The first kappa shape index (κ1) is 37.1. The minimum absolute atomic E-state index is 0.0148. The number of aliphatic hydroxyl groups is 1. The number of benzene rings is 5. The second-order valence-corrected chi connectivity index (χ2v) is 14.6. The van der Waals surface area contributed by atoms with E-state index in [-0.39, 0.29) is 50.2 Å². The van der Waals surface area contributed by atoms with Gasteiger partial charge in [0.1, 0.15) is 12.6 Å². The van der Waals surface area contributed by atoms with Crippen molar-refractivity contribution in [2.75, 3.05) is 5.75 Å². The molecule has 5 aromatic carbocycles. The first-order valence-corrected chi connectivity index (χ1v) is 19.0. The number of hydrogen-bond acceptors (Lipinski definition) is 8. The molecule has 2 heterocycles. The molecular formula is C44H42N2O7S. The summed E-state index contributed by atoms with van der Waals surface area (Å²) in [5, 5.41) is 12.1. The topological polar surface area (TPSA) is 114 Å². The number of nitrogens with one attached hydrogen (secondary N) is 1. The molecule has 1 unspecified atom stereocenters. The van der Waals surface area contributed by atoms with Gasteiger partial charge in [-0.25, -0.2) is 4.79 Å². The molecule has 10 heteroatoms. The maximum Gasteiger partial charge on any atom is 0.408 e. The van der Waals surface area contributed by atoms with Gasteiger partial charge in [0.05, 0.1) is 31.8 Å². The maximum atomic E-state index is 13.2. The van der Waals surface area contributed by atoms with E-state index in [0.717, 1.165) is 44.7 Å². The van der Waals surface area contributed by atoms with Gasteiger partial charge >= 0.3 is 6.09 Å². The van der Waals surface area contributed by atoms with Gasteiger partial charge in [-0.15, -0.1) is 11.8 Å². The maximum absolute atomic E-state index is 13.2. The summed E-state index contributed by atoms with van der Waals surface area (Å²) < 4.78 is 18.6. The number of thioether (sulfide) groups is 1. The standard InChI is InChI=1S/C44H42N2O7S/c1-29-39(28-54-37-13-6-3-7-14-37)52-43(53-41(29)34-17-15-30(26-47)16-18-34)35-21-19-33(20-22-35)36-12-8-11-32(23-36)25-46-40(48)24-38(42(46)49)45-44(50)51-27-31-9-4-2-5-10-31/h2-23,29,38-39,41,43,47H,24-28H2,1H3,(H,45,50)/t29-,38?,39+,41+,43+/m1/s1. The Kier molecular flexibility index (Phi) is 11.8. The van der Waals surface area contributed by atoms with E-state index in [1.165, 1.54) is 9.80 Å². The monoisotopic (exact) mass is 742 g/mol. The summed E-state index contributed by atoms with van der Waals surface area (Å²) in [5.74, 6) is 0.0240. The number of carbonyl (C=O) groups is 3. The highest BCUT2D eigenvalue weighted by Gasteiger charge is 2.40. The predicted octanol–water partition coefficient (Wildman–Crippen LogP) is 7.98. The van der Waals surface area contributed by atoms with Crippen LogP contribution in [0.25, 0.3) is 11.1 Å². The van der Waals surface area contributed by atoms with Gasteiger partial charge in [-0.1, -0.05) is 122 Å². The average Bonchev–Trinajstić information content (AvgIpc) is 3.47. The molecule has 5 aromatic rings. The molecule has 0 spiro atoms. The highest BCUT2D eigenvalue weighted by atomic mass is 32.2. The van der Waals surface area contributed by atoms with Crippen LogP contribution in [0.3, 0.4) is 0 Å². The first-order chi connectivity index (χ1) is 26.3. The third-order valence-electron chi connectivity index (χ3n) is 9.81. The van der Waals surface area contributed by atoms with Crippen molar-refractivity contribution in [2.24, 2.45) is 5.92 Å². The lowest BCUT2D eigenvalue weighted by molar-refractivity contribution is -0.268. The molecule has 2 saturated heterocycles. The van der Waals surface area contributed by atoms with Crippen molar-refractivity contribution in [3.05, 3.63) is 161 Å². The largest absolute Gasteiger partial charge is 0.445 e. The van der Waals surface area contributed by atoms with Crippen molar-refractivity contribution in [1.29, 1.82) is 0 Å². The van der Waals surface area contributed by atoms with E-state index in [0.29, 0.717) is 0 Å². The van der Waals surface area contributed by atoms with Crippen LogP contribution in [-0.2, 0) is 43.6 Å². The van der Waals surface area contributed by atoms with Crippen LogP contribution in [0.1, 0.15) is 53.6 Å². The molecule has 3 amide bonds. The highest BCUT2D eigenvalue weighted by molar-refractivity contribution is 7.99. The second-order valence-electron chi connectivity index (χ2n) is 13.5. The Bertz CT molecular complexity index is 2040. The van der Waals surface area contributed by atoms with Gasteiger partial charge in [-0.2, -0.15) is 0 Å². The van der Waals surface area contributed by atoms with E-state index in [2.05, 4.69) is 24.4 Å². The second kappa shape index (κ2) is 17.3. The molecule has 0 bridgehead atoms. The molecule has 0 aromatic heterocycles. The smallest absolute Gasteiger partial charge is 0.408 e. The molecule has 2 N–H and O–H groups in total. The van der Waals surface area contributed by atoms with Crippen LogP contribution in [-0.4, -0.2) is 45.8 Å². The number of nitrogens with zero attached hydrogens (tertiary/aromatic N) is 1. The van der Waals surface area contributed by atoms with E-state index in [4.69, 9.17) is 14.2 Å². The zero-order valence-corrected chi connectivity index (χ0v) is 30.7. The van der Waals surface area contributed by atoms with Crippen molar-refractivity contribution < 1.29 is 33.7 Å². The number of imide groups is 1. The van der Waals surface area contributed by atoms with Crippen molar-refractivity contribution >= 4 is 29.7 Å². The summed E-state index contributed by atoms with van der Waals surface area (Å²) in [6, 6.07) is 42.2. The molecule has 2 aliphatic heterocycles. The number of hydrogen-bond donors (Lipinski definition) is 2.